The first-order chi connectivity index (χ1) is 19.4. The lowest BCUT2D eigenvalue weighted by atomic mass is 10.1. The highest BCUT2D eigenvalue weighted by atomic mass is 35.5. The lowest BCUT2D eigenvalue weighted by molar-refractivity contribution is 0.357. The Bertz CT molecular complexity index is 1860. The second-order valence-corrected chi connectivity index (χ2v) is 10.3. The van der Waals surface area contributed by atoms with Gasteiger partial charge >= 0.3 is 11.4 Å². The third-order valence-corrected chi connectivity index (χ3v) is 7.61. The molecular formula is C28H25Cl2N7O3. The lowest BCUT2D eigenvalue weighted by Gasteiger charge is -2.16. The van der Waals surface area contributed by atoms with E-state index in [2.05, 4.69) is 15.3 Å². The number of hydrogen-bond acceptors (Lipinski definition) is 7. The minimum absolute atomic E-state index is 0.00256. The highest BCUT2D eigenvalue weighted by Gasteiger charge is 2.17. The summed E-state index contributed by atoms with van der Waals surface area (Å²) < 4.78 is 10.0. The highest BCUT2D eigenvalue weighted by molar-refractivity contribution is 6.42. The summed E-state index contributed by atoms with van der Waals surface area (Å²) in [7, 11) is 0. The fourth-order valence-electron chi connectivity index (χ4n) is 4.89. The van der Waals surface area contributed by atoms with Crippen molar-refractivity contribution in [2.75, 3.05) is 24.2 Å². The molecule has 0 aliphatic carbocycles. The fraction of sp³-hybridized carbons (Fsp3) is 0.214. The molecule has 0 unspecified atom stereocenters. The SMILES string of the molecule is Nc1nc2ccccc2n1CCNc1nc(=O)n(Cc2ccc(Cl)c(Cl)c2)c(=O)n1Cc1ccc2c(c1)CCO2. The molecule has 5 aromatic rings. The Kier molecular flexibility index (Phi) is 6.95. The average molecular weight is 578 g/mol. The van der Waals surface area contributed by atoms with Crippen LogP contribution in [0.3, 0.4) is 0 Å². The largest absolute Gasteiger partial charge is 0.493 e. The number of halogens is 2. The Morgan fingerprint density at radius 3 is 2.52 bits per heavy atom. The maximum atomic E-state index is 13.8. The van der Waals surface area contributed by atoms with Gasteiger partial charge in [-0.15, -0.1) is 0 Å². The first-order valence-corrected chi connectivity index (χ1v) is 13.5. The second kappa shape index (κ2) is 10.7. The summed E-state index contributed by atoms with van der Waals surface area (Å²) in [4.78, 5) is 35.5. The van der Waals surface area contributed by atoms with Gasteiger partial charge in [0, 0.05) is 19.5 Å². The van der Waals surface area contributed by atoms with E-state index in [9.17, 15) is 9.59 Å². The van der Waals surface area contributed by atoms with Crippen LogP contribution in [0, 0.1) is 0 Å². The monoisotopic (exact) mass is 577 g/mol. The number of para-hydroxylation sites is 2. The zero-order valence-electron chi connectivity index (χ0n) is 21.3. The van der Waals surface area contributed by atoms with Gasteiger partial charge in [0.05, 0.1) is 40.8 Å². The number of aromatic nitrogens is 5. The summed E-state index contributed by atoms with van der Waals surface area (Å²) in [5, 5.41) is 3.90. The molecule has 1 aliphatic rings. The molecule has 204 valence electrons. The van der Waals surface area contributed by atoms with Gasteiger partial charge in [0.1, 0.15) is 5.75 Å². The molecule has 0 saturated carbocycles. The quantitative estimate of drug-likeness (QED) is 0.287. The van der Waals surface area contributed by atoms with Crippen LogP contribution in [0.15, 0.2) is 70.3 Å². The van der Waals surface area contributed by atoms with Crippen LogP contribution in [0.4, 0.5) is 11.9 Å². The van der Waals surface area contributed by atoms with Crippen molar-refractivity contribution in [1.82, 2.24) is 23.7 Å². The van der Waals surface area contributed by atoms with Crippen LogP contribution in [-0.2, 0) is 26.1 Å². The van der Waals surface area contributed by atoms with Crippen LogP contribution in [0.2, 0.25) is 10.0 Å². The van der Waals surface area contributed by atoms with Gasteiger partial charge in [-0.25, -0.2) is 19.1 Å². The number of nitrogens with one attached hydrogen (secondary N) is 1. The minimum atomic E-state index is -0.676. The summed E-state index contributed by atoms with van der Waals surface area (Å²) in [5.74, 6) is 1.40. The van der Waals surface area contributed by atoms with E-state index in [1.54, 1.807) is 18.2 Å². The van der Waals surface area contributed by atoms with Gasteiger partial charge in [-0.2, -0.15) is 4.98 Å². The number of rotatable bonds is 8. The van der Waals surface area contributed by atoms with Crippen LogP contribution >= 0.6 is 23.2 Å². The Hall–Kier alpha value is -4.28. The van der Waals surface area contributed by atoms with Gasteiger partial charge < -0.3 is 20.4 Å². The first-order valence-electron chi connectivity index (χ1n) is 12.7. The maximum absolute atomic E-state index is 13.8. The normalized spacial score (nSPS) is 12.4. The number of benzene rings is 3. The number of anilines is 2. The van der Waals surface area contributed by atoms with E-state index in [1.165, 1.54) is 4.57 Å². The number of imidazole rings is 1. The van der Waals surface area contributed by atoms with Crippen molar-refractivity contribution in [3.05, 3.63) is 108 Å². The molecule has 0 radical (unpaired) electrons. The zero-order chi connectivity index (χ0) is 27.8. The van der Waals surface area contributed by atoms with Gasteiger partial charge in [-0.1, -0.05) is 53.5 Å². The molecular weight excluding hydrogens is 553 g/mol. The summed E-state index contributed by atoms with van der Waals surface area (Å²) in [5.41, 5.74) is 9.28. The predicted molar refractivity (Wildman–Crippen MR) is 156 cm³/mol. The molecule has 0 amide bonds. The van der Waals surface area contributed by atoms with Crippen molar-refractivity contribution < 1.29 is 4.74 Å². The van der Waals surface area contributed by atoms with Gasteiger partial charge in [-0.05, 0) is 47.0 Å². The van der Waals surface area contributed by atoms with E-state index >= 15 is 0 Å². The van der Waals surface area contributed by atoms with Crippen molar-refractivity contribution in [3.63, 3.8) is 0 Å². The predicted octanol–water partition coefficient (Wildman–Crippen LogP) is 3.79. The molecule has 3 N–H and O–H groups in total. The first kappa shape index (κ1) is 26.0. The molecule has 0 atom stereocenters. The topological polar surface area (TPSA) is 122 Å². The number of nitrogens with zero attached hydrogens (tertiary/aromatic N) is 5. The Labute approximate surface area is 238 Å². The molecule has 10 nitrogen and oxygen atoms in total. The third-order valence-electron chi connectivity index (χ3n) is 6.87. The number of hydrogen-bond donors (Lipinski definition) is 2. The molecule has 6 rings (SSSR count). The molecule has 12 heteroatoms. The lowest BCUT2D eigenvalue weighted by Crippen LogP contribution is -2.43. The Morgan fingerprint density at radius 1 is 0.900 bits per heavy atom. The van der Waals surface area contributed by atoms with Crippen LogP contribution in [0.1, 0.15) is 16.7 Å². The van der Waals surface area contributed by atoms with Crippen molar-refractivity contribution >= 4 is 46.1 Å². The van der Waals surface area contributed by atoms with Crippen molar-refractivity contribution in [3.8, 4) is 5.75 Å². The third kappa shape index (κ3) is 5.03. The average Bonchev–Trinajstić information content (AvgIpc) is 3.54. The zero-order valence-corrected chi connectivity index (χ0v) is 22.8. The van der Waals surface area contributed by atoms with E-state index in [4.69, 9.17) is 33.7 Å². The van der Waals surface area contributed by atoms with Gasteiger partial charge in [-0.3, -0.25) is 4.57 Å². The van der Waals surface area contributed by atoms with Crippen LogP contribution in [0.25, 0.3) is 11.0 Å². The number of ether oxygens (including phenoxy) is 1. The smallest absolute Gasteiger partial charge is 0.355 e. The van der Waals surface area contributed by atoms with Gasteiger partial charge in [0.15, 0.2) is 0 Å². The number of nitrogens with two attached hydrogens (primary N) is 1. The fourth-order valence-corrected chi connectivity index (χ4v) is 5.21. The van der Waals surface area contributed by atoms with Crippen LogP contribution < -0.4 is 27.2 Å². The summed E-state index contributed by atoms with van der Waals surface area (Å²) in [6.45, 7) is 1.64. The summed E-state index contributed by atoms with van der Waals surface area (Å²) in [6.07, 6.45) is 0.804. The Morgan fingerprint density at radius 2 is 1.68 bits per heavy atom. The molecule has 2 aromatic heterocycles. The minimum Gasteiger partial charge on any atom is -0.493 e. The van der Waals surface area contributed by atoms with E-state index in [0.29, 0.717) is 41.3 Å². The summed E-state index contributed by atoms with van der Waals surface area (Å²) >= 11 is 12.2. The van der Waals surface area contributed by atoms with Crippen LogP contribution in [0.5, 0.6) is 5.75 Å². The summed E-state index contributed by atoms with van der Waals surface area (Å²) in [6, 6.07) is 18.5. The number of nitrogen functional groups attached to an aromatic ring is 1. The molecule has 1 aliphatic heterocycles. The highest BCUT2D eigenvalue weighted by Crippen LogP contribution is 2.26. The van der Waals surface area contributed by atoms with E-state index in [-0.39, 0.29) is 19.0 Å². The maximum Gasteiger partial charge on any atom is 0.355 e. The molecule has 0 bridgehead atoms. The molecule has 40 heavy (non-hydrogen) atoms. The van der Waals surface area contributed by atoms with E-state index in [1.807, 2.05) is 47.0 Å². The second-order valence-electron chi connectivity index (χ2n) is 9.50. The Balaban J connectivity index is 1.33. The van der Waals surface area contributed by atoms with Crippen LogP contribution in [-0.4, -0.2) is 36.8 Å². The van der Waals surface area contributed by atoms with Crippen molar-refractivity contribution in [1.29, 1.82) is 0 Å². The molecule has 0 fully saturated rings. The van der Waals surface area contributed by atoms with Crippen molar-refractivity contribution in [2.24, 2.45) is 0 Å². The molecule has 3 heterocycles. The van der Waals surface area contributed by atoms with Crippen molar-refractivity contribution in [2.45, 2.75) is 26.1 Å². The van der Waals surface area contributed by atoms with E-state index < -0.39 is 11.4 Å². The standard InChI is InChI=1S/C28H25Cl2N7O3/c29-20-7-5-18(14-21(20)30)16-37-27(38)34-26(32-10-11-35-23-4-2-1-3-22(23)33-25(35)31)36(28(37)39)15-17-6-8-24-19(13-17)9-12-40-24/h1-8,13-14H,9-12,15-16H2,(H2,31,33)(H,32,34,38). The van der Waals surface area contributed by atoms with Gasteiger partial charge in [0.25, 0.3) is 0 Å². The van der Waals surface area contributed by atoms with Gasteiger partial charge in [0.2, 0.25) is 11.9 Å². The number of fused-ring (bicyclic) bond motifs is 2. The molecule has 0 saturated heterocycles. The molecule has 0 spiro atoms. The molecule has 3 aromatic carbocycles. The van der Waals surface area contributed by atoms with E-state index in [0.717, 1.165) is 38.9 Å².